The number of halogens is 1. The maximum atomic E-state index is 15.5. The van der Waals surface area contributed by atoms with Crippen molar-refractivity contribution in [3.8, 4) is 40.3 Å². The molecular weight excluding hydrogens is 439 g/mol. The van der Waals surface area contributed by atoms with Gasteiger partial charge in [-0.05, 0) is 45.0 Å². The third kappa shape index (κ3) is 3.62. The first-order valence-corrected chi connectivity index (χ1v) is 11.2. The largest absolute Gasteiger partial charge is 0.507 e. The average Bonchev–Trinajstić information content (AvgIpc) is 2.84. The molecule has 1 aromatic carbocycles. The summed E-state index contributed by atoms with van der Waals surface area (Å²) in [6.07, 6.45) is 1.33. The van der Waals surface area contributed by atoms with Crippen molar-refractivity contribution in [3.05, 3.63) is 36.7 Å². The minimum Gasteiger partial charge on any atom is -0.507 e. The van der Waals surface area contributed by atoms with Gasteiger partial charge in [0, 0.05) is 29.2 Å². The van der Waals surface area contributed by atoms with Crippen LogP contribution in [-0.4, -0.2) is 73.7 Å². The number of nitrogens with zero attached hydrogens (tertiary/aromatic N) is 6. The molecule has 3 aromatic rings. The van der Waals surface area contributed by atoms with Gasteiger partial charge in [0.25, 0.3) is 0 Å². The van der Waals surface area contributed by atoms with E-state index in [1.54, 1.807) is 30.3 Å². The van der Waals surface area contributed by atoms with E-state index < -0.39 is 17.8 Å². The number of hydrogen-bond donors (Lipinski definition) is 1. The summed E-state index contributed by atoms with van der Waals surface area (Å²) in [5.74, 6) is 0.639. The molecule has 34 heavy (non-hydrogen) atoms. The van der Waals surface area contributed by atoms with Gasteiger partial charge in [0.1, 0.15) is 18.2 Å². The lowest BCUT2D eigenvalue weighted by molar-refractivity contribution is -0.177. The number of methoxy groups -OCH3 is 1. The van der Waals surface area contributed by atoms with Gasteiger partial charge in [0.05, 0.1) is 18.3 Å². The van der Waals surface area contributed by atoms with E-state index in [1.165, 1.54) is 13.4 Å². The van der Waals surface area contributed by atoms with Gasteiger partial charge in [-0.1, -0.05) is 13.0 Å². The highest BCUT2D eigenvalue weighted by atomic mass is 19.1. The zero-order valence-electron chi connectivity index (χ0n) is 19.6. The van der Waals surface area contributed by atoms with E-state index in [0.717, 1.165) is 19.4 Å². The van der Waals surface area contributed by atoms with E-state index in [9.17, 15) is 5.11 Å². The van der Waals surface area contributed by atoms with Crippen molar-refractivity contribution in [3.63, 3.8) is 0 Å². The third-order valence-corrected chi connectivity index (χ3v) is 7.37. The Balaban J connectivity index is 1.35. The Morgan fingerprint density at radius 2 is 1.94 bits per heavy atom. The Bertz CT molecular complexity index is 1210. The highest BCUT2D eigenvalue weighted by Crippen LogP contribution is 2.51. The molecule has 0 radical (unpaired) electrons. The Morgan fingerprint density at radius 3 is 2.62 bits per heavy atom. The maximum Gasteiger partial charge on any atom is 0.319 e. The number of alkyl halides is 1. The fraction of sp³-hybridized carbons (Fsp3) is 0.458. The molecular formula is C24H27FN6O3. The third-order valence-electron chi connectivity index (χ3n) is 7.37. The predicted molar refractivity (Wildman–Crippen MR) is 122 cm³/mol. The van der Waals surface area contributed by atoms with Crippen LogP contribution in [0.15, 0.2) is 36.7 Å². The quantitative estimate of drug-likeness (QED) is 0.606. The van der Waals surface area contributed by atoms with E-state index in [4.69, 9.17) is 9.47 Å². The number of aromatic hydroxyl groups is 1. The first-order chi connectivity index (χ1) is 16.2. The lowest BCUT2D eigenvalue weighted by Gasteiger charge is -2.61. The van der Waals surface area contributed by atoms with Crippen LogP contribution in [0, 0.1) is 5.41 Å². The lowest BCUT2D eigenvalue weighted by Crippen LogP contribution is -2.72. The Kier molecular flexibility index (Phi) is 5.35. The van der Waals surface area contributed by atoms with Crippen LogP contribution < -0.4 is 9.47 Å². The topological polar surface area (TPSA) is 106 Å². The van der Waals surface area contributed by atoms with Gasteiger partial charge < -0.3 is 14.6 Å². The summed E-state index contributed by atoms with van der Waals surface area (Å²) in [6.45, 7) is 4.80. The molecule has 178 valence electrons. The molecule has 0 spiro atoms. The molecule has 4 heterocycles. The number of fused-ring (bicyclic) bond motifs is 3. The summed E-state index contributed by atoms with van der Waals surface area (Å²) in [7, 11) is 3.45. The minimum atomic E-state index is -1.13. The molecule has 2 aliphatic heterocycles. The maximum absolute atomic E-state index is 15.5. The van der Waals surface area contributed by atoms with Crippen molar-refractivity contribution in [2.75, 3.05) is 20.7 Å². The minimum absolute atomic E-state index is 0.00302. The molecule has 6 rings (SSSR count). The smallest absolute Gasteiger partial charge is 0.319 e. The molecule has 2 saturated heterocycles. The summed E-state index contributed by atoms with van der Waals surface area (Å²) in [6, 6.07) is 8.57. The van der Waals surface area contributed by atoms with Crippen molar-refractivity contribution in [1.82, 2.24) is 30.0 Å². The number of phenolic OH excluding ortho intramolecular Hbond substituents is 1. The van der Waals surface area contributed by atoms with Gasteiger partial charge in [0.15, 0.2) is 12.0 Å². The molecule has 3 aliphatic rings. The fourth-order valence-electron chi connectivity index (χ4n) is 5.06. The number of hydrogen-bond acceptors (Lipinski definition) is 9. The molecule has 2 aromatic heterocycles. The Hall–Kier alpha value is -3.40. The van der Waals surface area contributed by atoms with Crippen LogP contribution in [-0.2, 0) is 0 Å². The summed E-state index contributed by atoms with van der Waals surface area (Å²) in [4.78, 5) is 14.3. The first-order valence-electron chi connectivity index (χ1n) is 11.2. The molecule has 3 fully saturated rings. The molecule has 4 atom stereocenters. The van der Waals surface area contributed by atoms with E-state index in [2.05, 4.69) is 37.0 Å². The second-order valence-corrected chi connectivity index (χ2v) is 9.59. The van der Waals surface area contributed by atoms with Crippen molar-refractivity contribution in [2.45, 2.75) is 44.5 Å². The highest BCUT2D eigenvalue weighted by molar-refractivity contribution is 5.71. The molecule has 10 heteroatoms. The Morgan fingerprint density at radius 1 is 1.12 bits per heavy atom. The summed E-state index contributed by atoms with van der Waals surface area (Å²) >= 11 is 0. The monoisotopic (exact) mass is 466 g/mol. The van der Waals surface area contributed by atoms with E-state index in [0.29, 0.717) is 22.6 Å². The normalized spacial score (nSPS) is 28.6. The van der Waals surface area contributed by atoms with Gasteiger partial charge in [-0.25, -0.2) is 9.37 Å². The van der Waals surface area contributed by atoms with Crippen LogP contribution in [0.3, 0.4) is 0 Å². The average molecular weight is 467 g/mol. The van der Waals surface area contributed by atoms with Crippen LogP contribution in [0.25, 0.3) is 22.6 Å². The SMILES string of the molecule is COc1ncnc(-c2ccc(-c3ccc(O[C@@H]4[C@H](F)[C@]5(C)CC[C@@]4(C)CN5C)nn3)c(O)c2)n1. The van der Waals surface area contributed by atoms with E-state index in [-0.39, 0.29) is 23.1 Å². The van der Waals surface area contributed by atoms with Crippen molar-refractivity contribution in [1.29, 1.82) is 0 Å². The van der Waals surface area contributed by atoms with Gasteiger partial charge in [-0.2, -0.15) is 9.97 Å². The number of rotatable bonds is 5. The number of benzene rings is 1. The molecule has 1 N–H and O–H groups in total. The van der Waals surface area contributed by atoms with Crippen LogP contribution in [0.2, 0.25) is 0 Å². The van der Waals surface area contributed by atoms with Crippen LogP contribution >= 0.6 is 0 Å². The van der Waals surface area contributed by atoms with Gasteiger partial charge >= 0.3 is 6.01 Å². The second kappa shape index (κ2) is 8.12. The number of phenols is 1. The lowest BCUT2D eigenvalue weighted by atomic mass is 9.60. The molecule has 1 aliphatic carbocycles. The molecule has 9 nitrogen and oxygen atoms in total. The molecule has 0 unspecified atom stereocenters. The van der Waals surface area contributed by atoms with Gasteiger partial charge in [-0.3, -0.25) is 4.90 Å². The van der Waals surface area contributed by atoms with E-state index >= 15 is 4.39 Å². The van der Waals surface area contributed by atoms with Crippen molar-refractivity contribution >= 4 is 0 Å². The number of piperidine rings is 2. The summed E-state index contributed by atoms with van der Waals surface area (Å²) < 4.78 is 26.6. The molecule has 1 saturated carbocycles. The van der Waals surface area contributed by atoms with Crippen LogP contribution in [0.1, 0.15) is 26.7 Å². The van der Waals surface area contributed by atoms with Gasteiger partial charge in [0.2, 0.25) is 5.88 Å². The zero-order chi connectivity index (χ0) is 24.1. The summed E-state index contributed by atoms with van der Waals surface area (Å²) in [5, 5.41) is 19.0. The van der Waals surface area contributed by atoms with E-state index in [1.807, 2.05) is 14.0 Å². The Labute approximate surface area is 197 Å². The predicted octanol–water partition coefficient (Wildman–Crippen LogP) is 3.30. The summed E-state index contributed by atoms with van der Waals surface area (Å²) in [5.41, 5.74) is 0.724. The number of ether oxygens (including phenoxy) is 2. The molecule has 2 bridgehead atoms. The van der Waals surface area contributed by atoms with Crippen molar-refractivity contribution < 1.29 is 19.0 Å². The van der Waals surface area contributed by atoms with Crippen molar-refractivity contribution in [2.24, 2.45) is 5.41 Å². The van der Waals surface area contributed by atoms with Gasteiger partial charge in [-0.15, -0.1) is 10.2 Å². The number of aromatic nitrogens is 5. The zero-order valence-corrected chi connectivity index (χ0v) is 19.6. The van der Waals surface area contributed by atoms with Crippen LogP contribution in [0.4, 0.5) is 4.39 Å². The standard InChI is InChI=1S/C24H27FN6O3/c1-23-9-10-24(2,31(3)12-23)19(25)20(23)34-18-8-7-16(29-30-18)15-6-5-14(11-17(15)32)21-26-13-27-22(28-21)33-4/h5-8,11,13,19-20,32H,9-10,12H2,1-4H3/t19-,20+,23-,24-/m0/s1. The fourth-order valence-corrected chi connectivity index (χ4v) is 5.06. The first kappa shape index (κ1) is 22.4. The second-order valence-electron chi connectivity index (χ2n) is 9.59. The highest BCUT2D eigenvalue weighted by Gasteiger charge is 2.61. The molecule has 0 amide bonds. The van der Waals surface area contributed by atoms with Crippen LogP contribution in [0.5, 0.6) is 17.6 Å².